The van der Waals surface area contributed by atoms with Crippen LogP contribution in [0.5, 0.6) is 0 Å². The summed E-state index contributed by atoms with van der Waals surface area (Å²) >= 11 is 14.9. The molecule has 3 atom stereocenters. The van der Waals surface area contributed by atoms with E-state index in [0.29, 0.717) is 40.9 Å². The van der Waals surface area contributed by atoms with E-state index in [1.807, 2.05) is 36.5 Å². The zero-order valence-electron chi connectivity index (χ0n) is 24.6. The van der Waals surface area contributed by atoms with E-state index in [0.717, 1.165) is 95.8 Å². The summed E-state index contributed by atoms with van der Waals surface area (Å²) in [4.78, 5) is 20.2. The van der Waals surface area contributed by atoms with Gasteiger partial charge in [0.1, 0.15) is 0 Å². The number of anilines is 1. The van der Waals surface area contributed by atoms with Gasteiger partial charge in [-0.1, -0.05) is 40.6 Å². The molecule has 8 rings (SSSR count). The number of ether oxygens (including phenoxy) is 3. The third-order valence-electron chi connectivity index (χ3n) is 9.88. The first-order chi connectivity index (χ1) is 21.4. The average molecular weight is 654 g/mol. The largest absolute Gasteiger partial charge is 0.465 e. The second kappa shape index (κ2) is 11.3. The summed E-state index contributed by atoms with van der Waals surface area (Å²) in [6.07, 6.45) is 9.04. The van der Waals surface area contributed by atoms with Gasteiger partial charge in [0, 0.05) is 36.2 Å². The molecule has 1 unspecified atom stereocenters. The predicted molar refractivity (Wildman–Crippen MR) is 172 cm³/mol. The SMILES string of the molecule is COC(=O)c1cc([C@@H]2CCOC2)c2nc(N3CCC4(OCc5c(-c6c(Cl)cccc6Cl)cnn5C5CC5)CC[C@H]3C4)sc2c1. The van der Waals surface area contributed by atoms with Crippen molar-refractivity contribution in [2.24, 2.45) is 0 Å². The lowest BCUT2D eigenvalue weighted by Gasteiger charge is -2.39. The Morgan fingerprint density at radius 2 is 1.98 bits per heavy atom. The van der Waals surface area contributed by atoms with Crippen molar-refractivity contribution in [3.8, 4) is 11.1 Å². The standard InChI is InChI=1S/C33H34Cl2N4O4S/c1-41-31(40)20-13-23(19-8-12-42-17-19)30-28(14-20)44-32(37-30)38-11-10-33(9-7-22(38)15-33)43-18-27-24(16-36-39(27)21-5-6-21)29-25(34)3-2-4-26(29)35/h2-4,13-14,16,19,21-22H,5-12,15,17-18H2,1H3/t19-,22+,33?/m1/s1. The molecule has 0 amide bonds. The van der Waals surface area contributed by atoms with E-state index in [1.165, 1.54) is 7.11 Å². The minimum absolute atomic E-state index is 0.178. The number of carbonyl (C=O) groups is 1. The first kappa shape index (κ1) is 28.8. The highest BCUT2D eigenvalue weighted by molar-refractivity contribution is 7.22. The van der Waals surface area contributed by atoms with Crippen LogP contribution in [0.3, 0.4) is 0 Å². The fraction of sp³-hybridized carbons (Fsp3) is 0.485. The highest BCUT2D eigenvalue weighted by atomic mass is 35.5. The monoisotopic (exact) mass is 652 g/mol. The van der Waals surface area contributed by atoms with Gasteiger partial charge in [-0.2, -0.15) is 5.10 Å². The minimum Gasteiger partial charge on any atom is -0.465 e. The highest BCUT2D eigenvalue weighted by Gasteiger charge is 2.47. The fourth-order valence-electron chi connectivity index (χ4n) is 7.36. The van der Waals surface area contributed by atoms with Crippen molar-refractivity contribution < 1.29 is 19.0 Å². The van der Waals surface area contributed by atoms with Crippen molar-refractivity contribution >= 4 is 55.9 Å². The molecule has 2 saturated heterocycles. The van der Waals surface area contributed by atoms with E-state index >= 15 is 0 Å². The van der Waals surface area contributed by atoms with Gasteiger partial charge in [0.25, 0.3) is 0 Å². The number of nitrogens with zero attached hydrogens (tertiary/aromatic N) is 4. The van der Waals surface area contributed by atoms with E-state index < -0.39 is 0 Å². The number of hydrogen-bond acceptors (Lipinski definition) is 8. The maximum Gasteiger partial charge on any atom is 0.337 e. The smallest absolute Gasteiger partial charge is 0.337 e. The van der Waals surface area contributed by atoms with Crippen molar-refractivity contribution in [1.82, 2.24) is 14.8 Å². The Labute approximate surface area is 270 Å². The Morgan fingerprint density at radius 1 is 1.14 bits per heavy atom. The summed E-state index contributed by atoms with van der Waals surface area (Å²) < 4.78 is 20.8. The van der Waals surface area contributed by atoms with Gasteiger partial charge in [0.15, 0.2) is 5.13 Å². The van der Waals surface area contributed by atoms with Crippen molar-refractivity contribution in [3.63, 3.8) is 0 Å². The van der Waals surface area contributed by atoms with E-state index in [-0.39, 0.29) is 17.5 Å². The van der Waals surface area contributed by atoms with Crippen LogP contribution in [0.2, 0.25) is 10.0 Å². The first-order valence-corrected chi connectivity index (χ1v) is 17.0. The number of hydrogen-bond donors (Lipinski definition) is 0. The molecule has 0 radical (unpaired) electrons. The molecule has 2 aliphatic carbocycles. The Balaban J connectivity index is 1.04. The Bertz CT molecular complexity index is 1730. The summed E-state index contributed by atoms with van der Waals surface area (Å²) in [6, 6.07) is 10.3. The van der Waals surface area contributed by atoms with Crippen molar-refractivity contribution in [2.75, 3.05) is 31.8 Å². The number of fused-ring (bicyclic) bond motifs is 3. The first-order valence-electron chi connectivity index (χ1n) is 15.4. The van der Waals surface area contributed by atoms with Crippen LogP contribution >= 0.6 is 34.5 Å². The third kappa shape index (κ3) is 5.01. The average Bonchev–Trinajstić information content (AvgIpc) is 3.38. The molecule has 8 nitrogen and oxygen atoms in total. The number of esters is 1. The lowest BCUT2D eigenvalue weighted by molar-refractivity contribution is -0.0643. The molecule has 2 aromatic carbocycles. The van der Waals surface area contributed by atoms with Gasteiger partial charge in [-0.05, 0) is 74.8 Å². The Hall–Kier alpha value is -2.69. The zero-order valence-corrected chi connectivity index (χ0v) is 26.9. The normalized spacial score (nSPS) is 24.8. The molecule has 4 heterocycles. The van der Waals surface area contributed by atoms with Crippen molar-refractivity contribution in [1.29, 1.82) is 0 Å². The summed E-state index contributed by atoms with van der Waals surface area (Å²) in [7, 11) is 1.43. The van der Waals surface area contributed by atoms with Gasteiger partial charge in [0.05, 0.1) is 69.7 Å². The maximum atomic E-state index is 12.5. The number of benzene rings is 2. The Morgan fingerprint density at radius 3 is 2.73 bits per heavy atom. The number of methoxy groups -OCH3 is 1. The number of rotatable bonds is 8. The van der Waals surface area contributed by atoms with Gasteiger partial charge in [-0.25, -0.2) is 9.78 Å². The number of aromatic nitrogens is 3. The van der Waals surface area contributed by atoms with E-state index in [2.05, 4.69) is 9.58 Å². The van der Waals surface area contributed by atoms with Crippen molar-refractivity contribution in [3.05, 3.63) is 63.4 Å². The molecular formula is C33H34Cl2N4O4S. The van der Waals surface area contributed by atoms with Crippen LogP contribution in [0.4, 0.5) is 5.13 Å². The van der Waals surface area contributed by atoms with Crippen LogP contribution in [-0.2, 0) is 20.8 Å². The minimum atomic E-state index is -0.319. The fourth-order valence-corrected chi connectivity index (χ4v) is 9.10. The van der Waals surface area contributed by atoms with Crippen LogP contribution < -0.4 is 4.90 Å². The molecule has 4 fully saturated rings. The molecule has 230 valence electrons. The lowest BCUT2D eigenvalue weighted by Crippen LogP contribution is -2.45. The predicted octanol–water partition coefficient (Wildman–Crippen LogP) is 7.81. The summed E-state index contributed by atoms with van der Waals surface area (Å²) in [5, 5.41) is 7.03. The topological polar surface area (TPSA) is 78.7 Å². The molecule has 11 heteroatoms. The van der Waals surface area contributed by atoms with Gasteiger partial charge in [0.2, 0.25) is 0 Å². The van der Waals surface area contributed by atoms with Crippen LogP contribution in [0.1, 0.15) is 78.5 Å². The molecule has 2 saturated carbocycles. The Kier molecular flexibility index (Phi) is 7.37. The lowest BCUT2D eigenvalue weighted by atomic mass is 9.93. The second-order valence-corrected chi connectivity index (χ2v) is 14.4. The highest BCUT2D eigenvalue weighted by Crippen LogP contribution is 2.48. The van der Waals surface area contributed by atoms with Crippen molar-refractivity contribution in [2.45, 2.75) is 75.2 Å². The summed E-state index contributed by atoms with van der Waals surface area (Å²) in [5.74, 6) is -0.0822. The number of halogens is 2. The zero-order chi connectivity index (χ0) is 30.0. The third-order valence-corrected chi connectivity index (χ3v) is 11.5. The molecule has 0 N–H and O–H groups in total. The van der Waals surface area contributed by atoms with Gasteiger partial charge < -0.3 is 19.1 Å². The molecule has 2 aliphatic heterocycles. The van der Waals surface area contributed by atoms with E-state index in [1.54, 1.807) is 11.3 Å². The quantitative estimate of drug-likeness (QED) is 0.180. The van der Waals surface area contributed by atoms with E-state index in [4.69, 9.17) is 47.5 Å². The van der Waals surface area contributed by atoms with Crippen LogP contribution in [0.15, 0.2) is 36.5 Å². The van der Waals surface area contributed by atoms with Crippen LogP contribution in [0.25, 0.3) is 21.3 Å². The number of piperidine rings is 1. The van der Waals surface area contributed by atoms with Crippen LogP contribution in [-0.4, -0.2) is 59.2 Å². The molecule has 0 spiro atoms. The van der Waals surface area contributed by atoms with Gasteiger partial charge in [-0.3, -0.25) is 4.68 Å². The number of carbonyl (C=O) groups excluding carboxylic acids is 1. The van der Waals surface area contributed by atoms with Crippen LogP contribution in [0, 0.1) is 0 Å². The number of thiazole rings is 1. The molecular weight excluding hydrogens is 619 g/mol. The summed E-state index contributed by atoms with van der Waals surface area (Å²) in [6.45, 7) is 2.74. The molecule has 2 bridgehead atoms. The summed E-state index contributed by atoms with van der Waals surface area (Å²) in [5.41, 5.74) is 5.31. The van der Waals surface area contributed by atoms with Gasteiger partial charge in [-0.15, -0.1) is 0 Å². The maximum absolute atomic E-state index is 12.5. The second-order valence-electron chi connectivity index (χ2n) is 12.5. The molecule has 4 aliphatic rings. The molecule has 4 aromatic rings. The van der Waals surface area contributed by atoms with Gasteiger partial charge >= 0.3 is 5.97 Å². The molecule has 2 aromatic heterocycles. The van der Waals surface area contributed by atoms with E-state index in [9.17, 15) is 4.79 Å². The molecule has 44 heavy (non-hydrogen) atoms.